The van der Waals surface area contributed by atoms with Crippen molar-refractivity contribution in [1.82, 2.24) is 3.26 Å². The van der Waals surface area contributed by atoms with Crippen molar-refractivity contribution in [3.63, 3.8) is 0 Å². The molecule has 0 spiro atoms. The van der Waals surface area contributed by atoms with Gasteiger partial charge in [0.15, 0.2) is 0 Å². The fourth-order valence-electron chi connectivity index (χ4n) is 4.03. The van der Waals surface area contributed by atoms with Gasteiger partial charge < -0.3 is 0 Å². The molecular formula is C23H48Cl2NOSiZr. The first-order chi connectivity index (χ1) is 12.4. The normalized spacial score (nSPS) is 16.1. The molecule has 6 heteroatoms. The molecule has 173 valence electrons. The molecule has 1 aliphatic rings. The summed E-state index contributed by atoms with van der Waals surface area (Å²) in [7, 11) is -1.76. The molecule has 1 atom stereocenters. The van der Waals surface area contributed by atoms with Crippen LogP contribution in [0.25, 0.3) is 0 Å². The Morgan fingerprint density at radius 2 is 1.52 bits per heavy atom. The second-order valence-electron chi connectivity index (χ2n) is 11.4. The molecule has 0 heterocycles. The molecule has 0 aromatic rings. The van der Waals surface area contributed by atoms with E-state index in [1.54, 1.807) is 5.20 Å². The summed E-state index contributed by atoms with van der Waals surface area (Å²) in [4.78, 5) is 13.3. The minimum absolute atomic E-state index is 0. The van der Waals surface area contributed by atoms with Crippen molar-refractivity contribution >= 4 is 38.8 Å². The smallest absolute Gasteiger partial charge is 0.147 e. The molecule has 0 bridgehead atoms. The summed E-state index contributed by atoms with van der Waals surface area (Å²) in [6.07, 6.45) is 19.5. The van der Waals surface area contributed by atoms with E-state index >= 15 is 0 Å². The number of carbonyl (C=O) groups is 1. The van der Waals surface area contributed by atoms with Crippen molar-refractivity contribution < 1.29 is 23.9 Å². The van der Waals surface area contributed by atoms with E-state index in [4.69, 9.17) is 0 Å². The van der Waals surface area contributed by atoms with Crippen LogP contribution in [-0.2, 0) is 23.9 Å². The number of hydrogen-bond donors (Lipinski definition) is 1. The first-order valence-electron chi connectivity index (χ1n) is 11.4. The average molecular weight is 545 g/mol. The van der Waals surface area contributed by atoms with Crippen LogP contribution in [0.4, 0.5) is 0 Å². The molecule has 0 aliphatic heterocycles. The van der Waals surface area contributed by atoms with Gasteiger partial charge in [-0.2, -0.15) is 0 Å². The SMILES string of the molecule is CCCCCCCCCCC(C(=O)[NH][Zr]([CH3])([CH3])([CH3])[CH3])[Si](C)(C)C1=CC=CC1.Cl.Cl. The number of nitrogens with one attached hydrogen (secondary N) is 1. The predicted molar refractivity (Wildman–Crippen MR) is 136 cm³/mol. The van der Waals surface area contributed by atoms with E-state index in [2.05, 4.69) is 60.0 Å². The number of unbranched alkanes of at least 4 members (excludes halogenated alkanes) is 7. The predicted octanol–water partition coefficient (Wildman–Crippen LogP) is 8.78. The second kappa shape index (κ2) is 13.9. The molecule has 1 N–H and O–H groups in total. The molecule has 0 fully saturated rings. The summed E-state index contributed by atoms with van der Waals surface area (Å²) in [5.74, 6) is 0.364. The average Bonchev–Trinajstić information content (AvgIpc) is 3.05. The number of carbonyl (C=O) groups excluding carboxylic acids is 1. The Hall–Kier alpha value is 0.630. The van der Waals surface area contributed by atoms with Gasteiger partial charge in [-0.25, -0.2) is 0 Å². The fraction of sp³-hybridized carbons (Fsp3) is 0.783. The minimum atomic E-state index is -2.95. The molecule has 0 aromatic carbocycles. The van der Waals surface area contributed by atoms with Gasteiger partial charge in [-0.3, -0.25) is 0 Å². The van der Waals surface area contributed by atoms with Gasteiger partial charge in [0.2, 0.25) is 0 Å². The standard InChI is InChI=1S/C19H35NOSi.4CH3.2ClH.Zr/c1-4-5-6-7-8-9-10-11-16-18(19(20)21)22(2,3)17-14-12-13-15-17;;;;;;;/h12-14,18H,4-11,15-16H2,1-3H3,(H2,20,21);4*1H3;2*1H;/q;;;;;;;+1/p-1. The van der Waals surface area contributed by atoms with Crippen LogP contribution in [0.15, 0.2) is 23.4 Å². The first kappa shape index (κ1) is 31.8. The number of halogens is 2. The third-order valence-electron chi connectivity index (χ3n) is 5.76. The summed E-state index contributed by atoms with van der Waals surface area (Å²) in [5, 5.41) is 1.55. The third kappa shape index (κ3) is 12.9. The molecule has 0 radical (unpaired) electrons. The quantitative estimate of drug-likeness (QED) is 0.182. The number of allylic oxidation sites excluding steroid dienone is 4. The van der Waals surface area contributed by atoms with Crippen LogP contribution in [0.2, 0.25) is 37.2 Å². The molecule has 0 saturated carbocycles. The molecule has 0 aromatic heterocycles. The van der Waals surface area contributed by atoms with E-state index in [9.17, 15) is 4.79 Å². The molecular weight excluding hydrogens is 496 g/mol. The summed E-state index contributed by atoms with van der Waals surface area (Å²) in [6.45, 7) is 7.11. The van der Waals surface area contributed by atoms with Crippen molar-refractivity contribution in [1.29, 1.82) is 0 Å². The van der Waals surface area contributed by atoms with Gasteiger partial charge in [0.05, 0.1) is 0 Å². The van der Waals surface area contributed by atoms with Crippen molar-refractivity contribution in [3.8, 4) is 0 Å². The second-order valence-corrected chi connectivity index (χ2v) is 36.4. The maximum absolute atomic E-state index is 13.3. The van der Waals surface area contributed by atoms with Crippen molar-refractivity contribution in [2.24, 2.45) is 0 Å². The zero-order chi connectivity index (χ0) is 20.6. The molecule has 29 heavy (non-hydrogen) atoms. The van der Waals surface area contributed by atoms with E-state index in [-0.39, 0.29) is 30.4 Å². The Balaban J connectivity index is 0. The molecule has 1 aliphatic carbocycles. The van der Waals surface area contributed by atoms with Gasteiger partial charge >= 0.3 is 166 Å². The van der Waals surface area contributed by atoms with Gasteiger partial charge in [-0.05, 0) is 0 Å². The number of hydrogen-bond acceptors (Lipinski definition) is 1. The van der Waals surface area contributed by atoms with Crippen LogP contribution in [0.5, 0.6) is 0 Å². The van der Waals surface area contributed by atoms with E-state index in [0.29, 0.717) is 5.91 Å². The van der Waals surface area contributed by atoms with Gasteiger partial charge in [0.25, 0.3) is 0 Å². The monoisotopic (exact) mass is 542 g/mol. The van der Waals surface area contributed by atoms with Crippen LogP contribution < -0.4 is 3.26 Å². The zero-order valence-electron chi connectivity index (χ0n) is 20.1. The molecule has 0 saturated heterocycles. The summed E-state index contributed by atoms with van der Waals surface area (Å²) >= 11 is -2.95. The van der Waals surface area contributed by atoms with Crippen molar-refractivity contribution in [3.05, 3.63) is 23.4 Å². The Bertz CT molecular complexity index is 544. The van der Waals surface area contributed by atoms with E-state index < -0.39 is 27.1 Å². The Morgan fingerprint density at radius 3 is 1.97 bits per heavy atom. The summed E-state index contributed by atoms with van der Waals surface area (Å²) in [6, 6.07) is 0. The maximum atomic E-state index is 13.3. The van der Waals surface area contributed by atoms with Crippen LogP contribution in [-0.4, -0.2) is 14.0 Å². The first-order valence-corrected chi connectivity index (χ1v) is 25.5. The minimum Gasteiger partial charge on any atom is -0.147 e. The number of amides is 1. The number of rotatable bonds is 13. The Morgan fingerprint density at radius 1 is 1.00 bits per heavy atom. The summed E-state index contributed by atoms with van der Waals surface area (Å²) < 4.78 is 12.8. The van der Waals surface area contributed by atoms with Crippen LogP contribution in [0, 0.1) is 0 Å². The maximum Gasteiger partial charge on any atom is -0.147 e. The van der Waals surface area contributed by atoms with Gasteiger partial charge in [0.1, 0.15) is 0 Å². The molecule has 1 amide bonds. The molecule has 1 rings (SSSR count). The van der Waals surface area contributed by atoms with E-state index in [1.165, 1.54) is 51.4 Å². The van der Waals surface area contributed by atoms with Gasteiger partial charge in [-0.15, -0.1) is 24.8 Å². The Kier molecular flexibility index (Phi) is 15.3. The van der Waals surface area contributed by atoms with Crippen molar-refractivity contribution in [2.45, 2.75) is 108 Å². The van der Waals surface area contributed by atoms with Gasteiger partial charge in [0, 0.05) is 0 Å². The van der Waals surface area contributed by atoms with Crippen molar-refractivity contribution in [2.75, 3.05) is 0 Å². The van der Waals surface area contributed by atoms with E-state index in [1.807, 2.05) is 0 Å². The van der Waals surface area contributed by atoms with Gasteiger partial charge in [-0.1, -0.05) is 6.92 Å². The Labute approximate surface area is 196 Å². The zero-order valence-corrected chi connectivity index (χ0v) is 25.2. The third-order valence-corrected chi connectivity index (χ3v) is 13.1. The fourth-order valence-corrected chi connectivity index (χ4v) is 10.5. The van der Waals surface area contributed by atoms with E-state index in [0.717, 1.165) is 12.8 Å². The summed E-state index contributed by atoms with van der Waals surface area (Å²) in [5.41, 5.74) is 0.219. The van der Waals surface area contributed by atoms with Crippen LogP contribution in [0.1, 0.15) is 71.1 Å². The van der Waals surface area contributed by atoms with Crippen LogP contribution >= 0.6 is 24.8 Å². The largest absolute Gasteiger partial charge is 0.147 e. The molecule has 2 nitrogen and oxygen atoms in total. The topological polar surface area (TPSA) is 29.1 Å². The molecule has 1 unspecified atom stereocenters. The van der Waals surface area contributed by atoms with Crippen LogP contribution in [0.3, 0.4) is 0 Å².